The van der Waals surface area contributed by atoms with Crippen molar-refractivity contribution in [1.29, 1.82) is 0 Å². The number of para-hydroxylation sites is 2. The second kappa shape index (κ2) is 10.2. The number of nitrogens with zero attached hydrogens (tertiary/aromatic N) is 3. The quantitative estimate of drug-likeness (QED) is 0.158. The lowest BCUT2D eigenvalue weighted by Crippen LogP contribution is -2.53. The van der Waals surface area contributed by atoms with Gasteiger partial charge in [-0.2, -0.15) is 9.13 Å². The molecule has 2 aliphatic heterocycles. The second-order valence-corrected chi connectivity index (χ2v) is 14.3. The number of benzene rings is 5. The number of pyridine rings is 2. The number of rotatable bonds is 1. The molecule has 0 amide bonds. The maximum absolute atomic E-state index is 4.96. The Bertz CT molecular complexity index is 2860. The van der Waals surface area contributed by atoms with Gasteiger partial charge in [0.2, 0.25) is 23.1 Å². The largest absolute Gasteiger partial charge is 0.308 e. The zero-order valence-electron chi connectivity index (χ0n) is 28.0. The fourth-order valence-electron chi connectivity index (χ4n) is 9.40. The van der Waals surface area contributed by atoms with Crippen molar-refractivity contribution in [2.45, 2.75) is 31.7 Å². The molecule has 0 N–H and O–H groups in total. The van der Waals surface area contributed by atoms with Gasteiger partial charge < -0.3 is 4.40 Å². The van der Waals surface area contributed by atoms with Gasteiger partial charge in [0.15, 0.2) is 12.4 Å². The third kappa shape index (κ3) is 3.75. The van der Waals surface area contributed by atoms with E-state index in [0.29, 0.717) is 0 Å². The number of hydrogen-bond donors (Lipinski definition) is 0. The Morgan fingerprint density at radius 2 is 1.42 bits per heavy atom. The third-order valence-electron chi connectivity index (χ3n) is 11.6. The van der Waals surface area contributed by atoms with E-state index in [2.05, 4.69) is 166 Å². The molecule has 2 atom stereocenters. The van der Waals surface area contributed by atoms with Crippen molar-refractivity contribution in [3.63, 3.8) is 0 Å². The molecule has 0 spiro atoms. The van der Waals surface area contributed by atoms with Gasteiger partial charge in [-0.1, -0.05) is 84.9 Å². The lowest BCUT2D eigenvalue weighted by atomic mass is 9.78. The van der Waals surface area contributed by atoms with E-state index >= 15 is 0 Å². The summed E-state index contributed by atoms with van der Waals surface area (Å²) in [6.07, 6.45) is 6.59. The Hall–Kier alpha value is -6.06. The summed E-state index contributed by atoms with van der Waals surface area (Å²) in [6, 6.07) is 49.8. The number of aryl methyl sites for hydroxylation is 2. The van der Waals surface area contributed by atoms with Gasteiger partial charge in [-0.15, -0.1) is 0 Å². The molecule has 0 saturated carbocycles. The van der Waals surface area contributed by atoms with Crippen molar-refractivity contribution in [3.05, 3.63) is 169 Å². The highest BCUT2D eigenvalue weighted by Crippen LogP contribution is 2.47. The SMILES string of the molecule is C=C1C2C(CCc3cc4c(cc3-c3cc(-c5ccccc5)cc[n+]31)c1cccc3c5ccccc5n4c31)c1ccccc1-c1ccc(C)c[n+]12. The summed E-state index contributed by atoms with van der Waals surface area (Å²) in [5, 5.41) is 5.25. The molecule has 0 radical (unpaired) electrons. The first kappa shape index (κ1) is 27.8. The van der Waals surface area contributed by atoms with Crippen molar-refractivity contribution >= 4 is 43.8 Å². The van der Waals surface area contributed by atoms with Crippen LogP contribution in [0.25, 0.3) is 77.4 Å². The minimum atomic E-state index is 0.0704. The minimum absolute atomic E-state index is 0.0704. The van der Waals surface area contributed by atoms with Gasteiger partial charge in [0.25, 0.3) is 0 Å². The maximum atomic E-state index is 4.96. The minimum Gasteiger partial charge on any atom is -0.308 e. The zero-order valence-corrected chi connectivity index (χ0v) is 28.0. The molecule has 50 heavy (non-hydrogen) atoms. The Morgan fingerprint density at radius 3 is 2.32 bits per heavy atom. The Morgan fingerprint density at radius 1 is 0.640 bits per heavy atom. The molecule has 6 heterocycles. The summed E-state index contributed by atoms with van der Waals surface area (Å²) in [4.78, 5) is 0. The smallest absolute Gasteiger partial charge is 0.249 e. The third-order valence-corrected chi connectivity index (χ3v) is 11.6. The maximum Gasteiger partial charge on any atom is 0.249 e. The molecule has 9 aromatic rings. The van der Waals surface area contributed by atoms with Crippen LogP contribution in [0.1, 0.15) is 35.1 Å². The van der Waals surface area contributed by atoms with Crippen LogP contribution in [0.5, 0.6) is 0 Å². The number of aromatic nitrogens is 3. The van der Waals surface area contributed by atoms with E-state index in [-0.39, 0.29) is 12.0 Å². The van der Waals surface area contributed by atoms with E-state index in [1.807, 2.05) is 0 Å². The first-order valence-corrected chi connectivity index (χ1v) is 17.8. The van der Waals surface area contributed by atoms with Crippen LogP contribution in [-0.4, -0.2) is 4.40 Å². The van der Waals surface area contributed by atoms with Gasteiger partial charge in [0, 0.05) is 50.9 Å². The fourth-order valence-corrected chi connectivity index (χ4v) is 9.40. The van der Waals surface area contributed by atoms with E-state index in [9.17, 15) is 0 Å². The van der Waals surface area contributed by atoms with Crippen LogP contribution in [0.2, 0.25) is 0 Å². The molecular weight excluding hydrogens is 607 g/mol. The molecule has 0 fully saturated rings. The van der Waals surface area contributed by atoms with Gasteiger partial charge in [-0.05, 0) is 78.9 Å². The molecule has 11 rings (SSSR count). The normalized spacial score (nSPS) is 16.8. The molecule has 3 nitrogen and oxygen atoms in total. The van der Waals surface area contributed by atoms with E-state index in [1.165, 1.54) is 88.4 Å². The standard InChI is InChI=1S/C47H35N3/c1-29-19-22-42-35-14-7-6-13-34(35)39-21-20-33-26-45-41(38-17-10-16-37-36-15-8-9-18-43(36)50(45)47(37)38)27-40(33)44-25-32(31-11-4-3-5-12-31)23-24-48(44)30(2)46(39)49(42)28-29/h3-19,22-28,39,46H,2,20-21H2,1H3/q+2. The monoisotopic (exact) mass is 641 g/mol. The van der Waals surface area contributed by atoms with E-state index < -0.39 is 0 Å². The lowest BCUT2D eigenvalue weighted by molar-refractivity contribution is -0.727. The van der Waals surface area contributed by atoms with Gasteiger partial charge in [0.1, 0.15) is 0 Å². The molecule has 2 aliphatic rings. The van der Waals surface area contributed by atoms with E-state index in [4.69, 9.17) is 6.58 Å². The van der Waals surface area contributed by atoms with Crippen molar-refractivity contribution < 1.29 is 9.13 Å². The highest BCUT2D eigenvalue weighted by Gasteiger charge is 2.47. The summed E-state index contributed by atoms with van der Waals surface area (Å²) in [6.45, 7) is 7.16. The van der Waals surface area contributed by atoms with Gasteiger partial charge >= 0.3 is 0 Å². The van der Waals surface area contributed by atoms with E-state index in [0.717, 1.165) is 18.5 Å². The molecule has 0 aliphatic carbocycles. The van der Waals surface area contributed by atoms with Crippen molar-refractivity contribution in [3.8, 4) is 33.6 Å². The van der Waals surface area contributed by atoms with Crippen LogP contribution in [0.3, 0.4) is 0 Å². The summed E-state index contributed by atoms with van der Waals surface area (Å²) in [5.74, 6) is 0.266. The highest BCUT2D eigenvalue weighted by molar-refractivity contribution is 6.23. The Labute approximate surface area is 291 Å². The number of hydrogen-bond acceptors (Lipinski definition) is 0. The topological polar surface area (TPSA) is 12.2 Å². The summed E-state index contributed by atoms with van der Waals surface area (Å²) >= 11 is 0. The first-order valence-electron chi connectivity index (χ1n) is 17.8. The Kier molecular flexibility index (Phi) is 5.70. The molecule has 236 valence electrons. The predicted octanol–water partition coefficient (Wildman–Crippen LogP) is 10.5. The van der Waals surface area contributed by atoms with Crippen LogP contribution in [0.15, 0.2) is 152 Å². The number of fused-ring (bicyclic) bond motifs is 15. The molecule has 3 heteroatoms. The summed E-state index contributed by atoms with van der Waals surface area (Å²) in [7, 11) is 0. The van der Waals surface area contributed by atoms with Crippen LogP contribution in [0.4, 0.5) is 0 Å². The Balaban J connectivity index is 1.23. The number of allylic oxidation sites excluding steroid dienone is 1. The van der Waals surface area contributed by atoms with Crippen LogP contribution < -0.4 is 9.13 Å². The molecule has 4 aromatic heterocycles. The highest BCUT2D eigenvalue weighted by atomic mass is 15.1. The summed E-state index contributed by atoms with van der Waals surface area (Å²) < 4.78 is 7.43. The average Bonchev–Trinajstić information content (AvgIpc) is 3.69. The fraction of sp³-hybridized carbons (Fsp3) is 0.106. The van der Waals surface area contributed by atoms with Crippen LogP contribution in [-0.2, 0) is 6.42 Å². The molecular formula is C47H35N3+2. The molecule has 0 saturated heterocycles. The van der Waals surface area contributed by atoms with Gasteiger partial charge in [-0.3, -0.25) is 0 Å². The van der Waals surface area contributed by atoms with Crippen LogP contribution in [0, 0.1) is 6.92 Å². The van der Waals surface area contributed by atoms with Gasteiger partial charge in [-0.25, -0.2) is 0 Å². The second-order valence-electron chi connectivity index (χ2n) is 14.3. The van der Waals surface area contributed by atoms with E-state index in [1.54, 1.807) is 0 Å². The molecule has 5 aromatic carbocycles. The summed E-state index contributed by atoms with van der Waals surface area (Å²) in [5.41, 5.74) is 16.5. The van der Waals surface area contributed by atoms with Crippen molar-refractivity contribution in [2.24, 2.45) is 0 Å². The molecule has 0 bridgehead atoms. The van der Waals surface area contributed by atoms with Gasteiger partial charge in [0.05, 0.1) is 28.0 Å². The zero-order chi connectivity index (χ0) is 33.1. The average molecular weight is 642 g/mol. The van der Waals surface area contributed by atoms with Crippen LogP contribution >= 0.6 is 0 Å². The predicted molar refractivity (Wildman–Crippen MR) is 204 cm³/mol. The lowest BCUT2D eigenvalue weighted by Gasteiger charge is -2.29. The van der Waals surface area contributed by atoms with Crippen molar-refractivity contribution in [1.82, 2.24) is 4.40 Å². The molecule has 2 unspecified atom stereocenters. The first-order chi connectivity index (χ1) is 24.6. The van der Waals surface area contributed by atoms with Crippen molar-refractivity contribution in [2.75, 3.05) is 0 Å².